The van der Waals surface area contributed by atoms with Crippen molar-refractivity contribution in [3.63, 3.8) is 0 Å². The number of aliphatic carboxylic acids is 1. The number of methoxy groups -OCH3 is 1. The van der Waals surface area contributed by atoms with E-state index in [1.54, 1.807) is 0 Å². The number of nitrogens with one attached hydrogen (secondary N) is 2. The van der Waals surface area contributed by atoms with Crippen molar-refractivity contribution in [2.45, 2.75) is 136 Å². The maximum Gasteiger partial charge on any atom is 1.00 e. The number of benzene rings is 4. The molecule has 76 heavy (non-hydrogen) atoms. The first-order valence-electron chi connectivity index (χ1n) is 24.5. The molecule has 0 spiro atoms. The fraction of sp³-hybridized carbons (Fsp3) is 0.464. The molecule has 6 saturated carbocycles. The summed E-state index contributed by atoms with van der Waals surface area (Å²) in [6.07, 6.45) is -3.39. The van der Waals surface area contributed by atoms with Crippen LogP contribution in [0.25, 0.3) is 21.8 Å². The topological polar surface area (TPSA) is 187 Å². The minimum atomic E-state index is -4.40. The van der Waals surface area contributed by atoms with Gasteiger partial charge in [-0.3, -0.25) is 28.5 Å². The molecule has 2 aromatic heterocycles. The normalized spacial score (nSPS) is 21.8. The summed E-state index contributed by atoms with van der Waals surface area (Å²) in [6, 6.07) is 21.5. The van der Waals surface area contributed by atoms with Crippen LogP contribution in [0, 0.1) is 22.7 Å². The Hall–Kier alpha value is -5.76. The van der Waals surface area contributed by atoms with Gasteiger partial charge in [-0.1, -0.05) is 83.7 Å². The largest absolute Gasteiger partial charge is 1.00 e. The van der Waals surface area contributed by atoms with E-state index >= 15 is 0 Å². The SMILES string of the molecule is C.CC(C)Cn1nc(C(=O)NC23CC(CC(=O)O)(C2)C3)c2c(Cc3ccc(C(F)(F)F)cc3)cccc21.COC(=O)CC12CC(NC(=O)c3nn(CC(C)C)c4cccc(Cc5ccc(C(F)(F)F)cc5)c34)(C1)C2.[Na+].[OH-]. The summed E-state index contributed by atoms with van der Waals surface area (Å²) >= 11 is 0. The van der Waals surface area contributed by atoms with Crippen LogP contribution in [-0.4, -0.2) is 72.1 Å². The zero-order valence-electron chi connectivity index (χ0n) is 42.7. The van der Waals surface area contributed by atoms with E-state index in [-0.39, 0.29) is 94.5 Å². The van der Waals surface area contributed by atoms with Crippen molar-refractivity contribution >= 4 is 45.6 Å². The van der Waals surface area contributed by atoms with Crippen molar-refractivity contribution in [2.75, 3.05) is 7.11 Å². The molecular weight excluding hydrogens is 1010 g/mol. The van der Waals surface area contributed by atoms with Crippen LogP contribution < -0.4 is 40.2 Å². The smallest absolute Gasteiger partial charge is 0.870 e. The van der Waals surface area contributed by atoms with E-state index in [4.69, 9.17) is 14.9 Å². The van der Waals surface area contributed by atoms with Crippen molar-refractivity contribution in [3.8, 4) is 0 Å². The third-order valence-corrected chi connectivity index (χ3v) is 14.9. The number of carboxylic acid groups (broad SMARTS) is 1. The number of fused-ring (bicyclic) bond motifs is 2. The maximum atomic E-state index is 13.5. The molecule has 0 unspecified atom stereocenters. The predicted molar refractivity (Wildman–Crippen MR) is 268 cm³/mol. The summed E-state index contributed by atoms with van der Waals surface area (Å²) in [6.45, 7) is 9.50. The van der Waals surface area contributed by atoms with Gasteiger partial charge in [0.2, 0.25) is 0 Å². The summed E-state index contributed by atoms with van der Waals surface area (Å²) < 4.78 is 86.4. The van der Waals surface area contributed by atoms with Crippen LogP contribution in [0.5, 0.6) is 0 Å². The van der Waals surface area contributed by atoms with Gasteiger partial charge in [0.05, 0.1) is 42.1 Å². The molecule has 6 aliphatic rings. The van der Waals surface area contributed by atoms with Gasteiger partial charge in [-0.15, -0.1) is 0 Å². The number of esters is 1. The van der Waals surface area contributed by atoms with Gasteiger partial charge in [0, 0.05) is 34.9 Å². The Balaban J connectivity index is 0.000000237. The van der Waals surface area contributed by atoms with Crippen LogP contribution in [-0.2, 0) is 52.6 Å². The van der Waals surface area contributed by atoms with Gasteiger partial charge in [0.1, 0.15) is 0 Å². The number of hydrogen-bond donors (Lipinski definition) is 3. The fourth-order valence-electron chi connectivity index (χ4n) is 12.2. The number of halogens is 6. The van der Waals surface area contributed by atoms with Crippen molar-refractivity contribution in [2.24, 2.45) is 22.7 Å². The first-order chi connectivity index (χ1) is 34.3. The van der Waals surface area contributed by atoms with E-state index in [0.717, 1.165) is 71.1 Å². The van der Waals surface area contributed by atoms with Crippen LogP contribution in [0.4, 0.5) is 26.3 Å². The molecule has 6 aliphatic carbocycles. The number of amides is 2. The number of aromatic nitrogens is 4. The second kappa shape index (κ2) is 21.9. The Morgan fingerprint density at radius 1 is 0.618 bits per heavy atom. The average Bonchev–Trinajstić information content (AvgIpc) is 3.82. The summed E-state index contributed by atoms with van der Waals surface area (Å²) in [7, 11) is 1.38. The minimum absolute atomic E-state index is 0. The molecule has 6 fully saturated rings. The summed E-state index contributed by atoms with van der Waals surface area (Å²) in [4.78, 5) is 49.8. The zero-order valence-corrected chi connectivity index (χ0v) is 44.7. The molecule has 4 bridgehead atoms. The number of ether oxygens (including phenoxy) is 1. The monoisotopic (exact) mass is 1070 g/mol. The van der Waals surface area contributed by atoms with Crippen molar-refractivity contribution < 1.29 is 90.4 Å². The van der Waals surface area contributed by atoms with Gasteiger partial charge >= 0.3 is 53.8 Å². The van der Waals surface area contributed by atoms with Crippen LogP contribution in [0.2, 0.25) is 0 Å². The van der Waals surface area contributed by atoms with Crippen LogP contribution in [0.15, 0.2) is 84.9 Å². The Labute approximate surface area is 459 Å². The number of carboxylic acids is 1. The van der Waals surface area contributed by atoms with Crippen LogP contribution in [0.1, 0.15) is 141 Å². The molecule has 4 aromatic carbocycles. The van der Waals surface area contributed by atoms with Crippen molar-refractivity contribution in [3.05, 3.63) is 130 Å². The standard InChI is InChI=1S/C28H30F3N3O3.C27H28F3N3O3.CH4.Na.H2O/c1-17(2)13-34-21-6-4-5-19(11-18-7-9-20(10-8-18)28(29,30)31)23(21)24(33-34)25(36)32-27-14-26(15-27,16-27)12-22(35)37-3;1-16(2)12-33-20-5-3-4-18(10-17-6-8-19(9-7-17)27(28,29)30)22(20)23(32-33)24(36)31-26-13-25(14-26,15-26)11-21(34)35;;;/h4-10,17H,11-16H2,1-3H3,(H,32,36);3-9,16H,10-15H2,1-2H3,(H,31,36)(H,34,35);1H4;;1H2/q;;;+1;/p-1. The Bertz CT molecular complexity index is 3090. The van der Waals surface area contributed by atoms with Gasteiger partial charge in [0.25, 0.3) is 11.8 Å². The molecule has 0 atom stereocenters. The van der Waals surface area contributed by atoms with Gasteiger partial charge in [-0.25, -0.2) is 0 Å². The number of hydrogen-bond acceptors (Lipinski definition) is 8. The Morgan fingerprint density at radius 2 is 0.974 bits per heavy atom. The third-order valence-electron chi connectivity index (χ3n) is 14.9. The summed E-state index contributed by atoms with van der Waals surface area (Å²) in [5.74, 6) is -1.03. The van der Waals surface area contributed by atoms with Gasteiger partial charge < -0.3 is 26.0 Å². The third kappa shape index (κ3) is 12.0. The molecule has 12 rings (SSSR count). The number of nitrogens with zero attached hydrogens (tertiary/aromatic N) is 4. The Kier molecular flexibility index (Phi) is 17.2. The first kappa shape index (κ1) is 59.5. The van der Waals surface area contributed by atoms with Gasteiger partial charge in [-0.2, -0.15) is 36.5 Å². The van der Waals surface area contributed by atoms with E-state index in [1.807, 2.05) is 45.8 Å². The minimum Gasteiger partial charge on any atom is -0.870 e. The molecule has 0 radical (unpaired) electrons. The van der Waals surface area contributed by atoms with Crippen molar-refractivity contribution in [1.29, 1.82) is 0 Å². The zero-order chi connectivity index (χ0) is 52.5. The molecule has 0 aliphatic heterocycles. The predicted octanol–water partition coefficient (Wildman–Crippen LogP) is 8.41. The molecule has 2 amide bonds. The molecule has 4 N–H and O–H groups in total. The molecule has 402 valence electrons. The second-order valence-corrected chi connectivity index (χ2v) is 22.1. The van der Waals surface area contributed by atoms with E-state index in [9.17, 15) is 45.5 Å². The number of rotatable bonds is 16. The fourth-order valence-corrected chi connectivity index (χ4v) is 12.2. The maximum absolute atomic E-state index is 13.5. The van der Waals surface area contributed by atoms with E-state index < -0.39 is 29.4 Å². The number of carbonyl (C=O) groups excluding carboxylic acids is 3. The van der Waals surface area contributed by atoms with Gasteiger partial charge in [-0.05, 0) is 133 Å². The summed E-state index contributed by atoms with van der Waals surface area (Å²) in [5.41, 5.74) is 2.95. The molecule has 13 nitrogen and oxygen atoms in total. The molecule has 0 saturated heterocycles. The number of carbonyl (C=O) groups is 4. The number of alkyl halides is 6. The van der Waals surface area contributed by atoms with Gasteiger partial charge in [0.15, 0.2) is 11.4 Å². The summed E-state index contributed by atoms with van der Waals surface area (Å²) in [5, 5.41) is 26.2. The van der Waals surface area contributed by atoms with E-state index in [2.05, 4.69) is 43.4 Å². The molecule has 6 aromatic rings. The van der Waals surface area contributed by atoms with E-state index in [0.29, 0.717) is 85.4 Å². The second-order valence-electron chi connectivity index (χ2n) is 22.1. The molecular formula is C56H63F6N6NaO7. The molecule has 20 heteroatoms. The molecule has 2 heterocycles. The average molecular weight is 1070 g/mol. The van der Waals surface area contributed by atoms with E-state index in [1.165, 1.54) is 31.4 Å². The Morgan fingerprint density at radius 3 is 1.29 bits per heavy atom. The van der Waals surface area contributed by atoms with Crippen LogP contribution >= 0.6 is 0 Å². The first-order valence-corrected chi connectivity index (χ1v) is 24.5. The quantitative estimate of drug-likeness (QED) is 0.0486. The van der Waals surface area contributed by atoms with Crippen LogP contribution in [0.3, 0.4) is 0 Å². The van der Waals surface area contributed by atoms with Crippen molar-refractivity contribution in [1.82, 2.24) is 30.2 Å².